The standard InChI is InChI=1S/C58H80N12O6S2/c1-3-39-19-9-10-20-40(39)35-70(46-21-11-8-18-38(46)2)53(75)28-31-63-56(76)41-32-42(64-51(73)26-6-4-16-29-61-49(71)24-14-12-22-47-54-44(36-77-47)66-57(59)68-54)34-43(33-41)65-52(74)27-7-5-17-30-62-50(72)25-15-13-23-48-55-45(37-78-48)67-58(60)69-55/h3,8-11,18-21,32-34,44-45,47-48,54-55H,1,4-7,12-17,22-31,35-37H2,2H3,(H,61,71)(H,62,72)(H,63,76)(H,64,73)(H,65,74)(H3,59,66,68)(H3,60,67,69). The van der Waals surface area contributed by atoms with E-state index in [1.54, 1.807) is 29.2 Å². The van der Waals surface area contributed by atoms with Gasteiger partial charge in [-0.3, -0.25) is 28.8 Å². The monoisotopic (exact) mass is 1100 g/mol. The molecular formula is C58H80N12O6S2. The van der Waals surface area contributed by atoms with Crippen molar-refractivity contribution in [3.8, 4) is 0 Å². The number of anilines is 3. The molecule has 18 nitrogen and oxygen atoms in total. The first-order valence-electron chi connectivity index (χ1n) is 27.9. The summed E-state index contributed by atoms with van der Waals surface area (Å²) in [6.45, 7) is 7.32. The van der Waals surface area contributed by atoms with Crippen LogP contribution in [0.5, 0.6) is 0 Å². The Labute approximate surface area is 468 Å². The largest absolute Gasteiger partial charge is 0.370 e. The number of unbranched alkanes of at least 4 members (excludes halogenated alkanes) is 6. The molecule has 11 N–H and O–H groups in total. The average Bonchev–Trinajstić information content (AvgIpc) is 4.20. The first-order valence-corrected chi connectivity index (χ1v) is 30.0. The molecule has 420 valence electrons. The highest BCUT2D eigenvalue weighted by atomic mass is 32.2. The van der Waals surface area contributed by atoms with Crippen LogP contribution in [0.15, 0.2) is 83.3 Å². The van der Waals surface area contributed by atoms with Crippen molar-refractivity contribution in [3.63, 3.8) is 0 Å². The van der Waals surface area contributed by atoms with Gasteiger partial charge in [0.2, 0.25) is 29.5 Å². The number of nitrogens with one attached hydrogen (secondary N) is 7. The van der Waals surface area contributed by atoms with Crippen molar-refractivity contribution in [2.45, 2.75) is 157 Å². The number of nitrogens with two attached hydrogens (primary N) is 2. The second kappa shape index (κ2) is 30.6. The van der Waals surface area contributed by atoms with Crippen LogP contribution < -0.4 is 53.6 Å². The fourth-order valence-electron chi connectivity index (χ4n) is 10.4. The van der Waals surface area contributed by atoms with E-state index in [0.29, 0.717) is 91.2 Å². The SMILES string of the molecule is C=Cc1ccccc1CN(C(=O)CCNC(=O)c1cc(NC(=O)CCCCCNC(=O)CCCCC2SCC3NC(N)=NC32)cc(NC(=O)CCCCCNC(=O)CCCCC2SCC3NC(N)=NC32)c1)c1ccccc1C. The number of benzene rings is 3. The summed E-state index contributed by atoms with van der Waals surface area (Å²) in [5.41, 5.74) is 16.2. The topological polar surface area (TPSA) is 267 Å². The Morgan fingerprint density at radius 2 is 1.14 bits per heavy atom. The van der Waals surface area contributed by atoms with Gasteiger partial charge in [0.15, 0.2) is 11.9 Å². The summed E-state index contributed by atoms with van der Waals surface area (Å²) in [6.07, 6.45) is 12.9. The van der Waals surface area contributed by atoms with Gasteiger partial charge in [0.05, 0.1) is 30.7 Å². The Hall–Kier alpha value is -6.54. The van der Waals surface area contributed by atoms with Gasteiger partial charge in [0.1, 0.15) is 0 Å². The third-order valence-corrected chi connectivity index (χ3v) is 17.6. The van der Waals surface area contributed by atoms with Gasteiger partial charge in [-0.2, -0.15) is 23.5 Å². The summed E-state index contributed by atoms with van der Waals surface area (Å²) < 4.78 is 0. The molecule has 20 heteroatoms. The number of amides is 6. The average molecular weight is 1110 g/mol. The maximum absolute atomic E-state index is 14.0. The zero-order valence-electron chi connectivity index (χ0n) is 45.1. The minimum atomic E-state index is -0.473. The molecule has 4 aliphatic heterocycles. The van der Waals surface area contributed by atoms with E-state index in [1.165, 1.54) is 0 Å². The van der Waals surface area contributed by atoms with Gasteiger partial charge in [-0.05, 0) is 99.2 Å². The van der Waals surface area contributed by atoms with Crippen LogP contribution >= 0.6 is 23.5 Å². The number of hydrogen-bond donors (Lipinski definition) is 9. The summed E-state index contributed by atoms with van der Waals surface area (Å²) in [5, 5.41) is 22.1. The number of aryl methyl sites for hydroxylation is 1. The third-order valence-electron chi connectivity index (χ3n) is 14.6. The predicted molar refractivity (Wildman–Crippen MR) is 317 cm³/mol. The smallest absolute Gasteiger partial charge is 0.251 e. The Morgan fingerprint density at radius 3 is 1.69 bits per heavy atom. The molecule has 3 aromatic rings. The Balaban J connectivity index is 0.847. The molecular weight excluding hydrogens is 1020 g/mol. The molecule has 0 aliphatic carbocycles. The van der Waals surface area contributed by atoms with Gasteiger partial charge in [0, 0.05) is 96.4 Å². The molecule has 4 aliphatic rings. The summed E-state index contributed by atoms with van der Waals surface area (Å²) in [6, 6.07) is 21.3. The number of carbonyl (C=O) groups is 6. The lowest BCUT2D eigenvalue weighted by Crippen LogP contribution is -2.38. The lowest BCUT2D eigenvalue weighted by Gasteiger charge is -2.25. The van der Waals surface area contributed by atoms with Crippen LogP contribution in [0.25, 0.3) is 6.08 Å². The first kappa shape index (κ1) is 59.1. The lowest BCUT2D eigenvalue weighted by molar-refractivity contribution is -0.122. The number of nitrogens with zero attached hydrogens (tertiary/aromatic N) is 3. The first-order chi connectivity index (χ1) is 37.8. The maximum atomic E-state index is 14.0. The summed E-state index contributed by atoms with van der Waals surface area (Å²) in [4.78, 5) is 90.1. The van der Waals surface area contributed by atoms with Gasteiger partial charge in [-0.25, -0.2) is 9.98 Å². The molecule has 0 spiro atoms. The van der Waals surface area contributed by atoms with Crippen LogP contribution in [-0.2, 0) is 30.5 Å². The van der Waals surface area contributed by atoms with Crippen LogP contribution in [0, 0.1) is 6.92 Å². The van der Waals surface area contributed by atoms with Gasteiger partial charge in [-0.1, -0.05) is 80.8 Å². The van der Waals surface area contributed by atoms with Gasteiger partial charge in [0.25, 0.3) is 5.91 Å². The van der Waals surface area contributed by atoms with Crippen molar-refractivity contribution in [2.75, 3.05) is 46.7 Å². The second-order valence-corrected chi connectivity index (χ2v) is 23.2. The number of fused-ring (bicyclic) bond motifs is 2. The Bertz CT molecular complexity index is 2530. The molecule has 6 unspecified atom stereocenters. The number of para-hydroxylation sites is 1. The molecule has 2 saturated heterocycles. The molecule has 78 heavy (non-hydrogen) atoms. The Kier molecular flexibility index (Phi) is 23.2. The molecule has 0 bridgehead atoms. The summed E-state index contributed by atoms with van der Waals surface area (Å²) in [5.74, 6) is 1.98. The van der Waals surface area contributed by atoms with E-state index in [2.05, 4.69) is 53.8 Å². The molecule has 6 amide bonds. The summed E-state index contributed by atoms with van der Waals surface area (Å²) >= 11 is 3.85. The predicted octanol–water partition coefficient (Wildman–Crippen LogP) is 6.88. The molecule has 6 atom stereocenters. The molecule has 0 saturated carbocycles. The van der Waals surface area contributed by atoms with Crippen molar-refractivity contribution in [1.29, 1.82) is 0 Å². The van der Waals surface area contributed by atoms with Gasteiger partial charge < -0.3 is 53.6 Å². The van der Waals surface area contributed by atoms with E-state index in [0.717, 1.165) is 98.1 Å². The molecule has 3 aromatic carbocycles. The van der Waals surface area contributed by atoms with E-state index in [9.17, 15) is 28.8 Å². The minimum Gasteiger partial charge on any atom is -0.370 e. The van der Waals surface area contributed by atoms with Crippen molar-refractivity contribution < 1.29 is 28.8 Å². The van der Waals surface area contributed by atoms with Crippen molar-refractivity contribution >= 4 is 94.0 Å². The van der Waals surface area contributed by atoms with E-state index in [-0.39, 0.29) is 73.0 Å². The molecule has 4 heterocycles. The molecule has 2 fully saturated rings. The molecule has 7 rings (SSSR count). The second-order valence-electron chi connectivity index (χ2n) is 20.6. The van der Waals surface area contributed by atoms with E-state index < -0.39 is 5.91 Å². The van der Waals surface area contributed by atoms with Gasteiger partial charge >= 0.3 is 0 Å². The quantitative estimate of drug-likeness (QED) is 0.0290. The lowest BCUT2D eigenvalue weighted by atomic mass is 10.0. The normalized spacial score (nSPS) is 19.8. The highest BCUT2D eigenvalue weighted by Gasteiger charge is 2.41. The van der Waals surface area contributed by atoms with Crippen LogP contribution in [-0.4, -0.2) is 113 Å². The highest BCUT2D eigenvalue weighted by molar-refractivity contribution is 8.00. The number of carbonyl (C=O) groups excluding carboxylic acids is 6. The molecule has 0 radical (unpaired) electrons. The fourth-order valence-corrected chi connectivity index (χ4v) is 13.4. The number of guanidine groups is 2. The Morgan fingerprint density at radius 1 is 0.628 bits per heavy atom. The van der Waals surface area contributed by atoms with Crippen molar-refractivity contribution in [2.24, 2.45) is 21.5 Å². The van der Waals surface area contributed by atoms with Crippen molar-refractivity contribution in [3.05, 3.63) is 95.6 Å². The van der Waals surface area contributed by atoms with Crippen molar-refractivity contribution in [1.82, 2.24) is 26.6 Å². The maximum Gasteiger partial charge on any atom is 0.251 e. The van der Waals surface area contributed by atoms with Gasteiger partial charge in [-0.15, -0.1) is 0 Å². The zero-order valence-corrected chi connectivity index (χ0v) is 46.8. The van der Waals surface area contributed by atoms with E-state index in [1.807, 2.05) is 79.0 Å². The minimum absolute atomic E-state index is 0.0144. The zero-order chi connectivity index (χ0) is 55.2. The van der Waals surface area contributed by atoms with Crippen LogP contribution in [0.1, 0.15) is 136 Å². The van der Waals surface area contributed by atoms with Crippen LogP contribution in [0.3, 0.4) is 0 Å². The fraction of sp³-hybridized carbons (Fsp3) is 0.517. The summed E-state index contributed by atoms with van der Waals surface area (Å²) in [7, 11) is 0. The number of aliphatic imine (C=N–C) groups is 2. The number of hydrogen-bond acceptors (Lipinski definition) is 14. The van der Waals surface area contributed by atoms with E-state index >= 15 is 0 Å². The number of rotatable bonds is 32. The van der Waals surface area contributed by atoms with E-state index in [4.69, 9.17) is 11.5 Å². The molecule has 0 aromatic heterocycles. The highest BCUT2D eigenvalue weighted by Crippen LogP contribution is 2.36. The van der Waals surface area contributed by atoms with Crippen LogP contribution in [0.2, 0.25) is 0 Å². The van der Waals surface area contributed by atoms with Crippen LogP contribution in [0.4, 0.5) is 17.1 Å². The third kappa shape index (κ3) is 18.3. The number of thioether (sulfide) groups is 2.